The summed E-state index contributed by atoms with van der Waals surface area (Å²) in [6.45, 7) is 7.76. The van der Waals surface area contributed by atoms with E-state index in [4.69, 9.17) is 0 Å². The lowest BCUT2D eigenvalue weighted by Gasteiger charge is -2.11. The summed E-state index contributed by atoms with van der Waals surface area (Å²) in [5, 5.41) is 2.50. The van der Waals surface area contributed by atoms with Crippen LogP contribution in [0.3, 0.4) is 0 Å². The van der Waals surface area contributed by atoms with Gasteiger partial charge in [-0.2, -0.15) is 0 Å². The number of amides is 1. The molecule has 0 rings (SSSR count). The molecule has 0 saturated carbocycles. The predicted octanol–water partition coefficient (Wildman–Crippen LogP) is 1.68. The normalized spacial score (nSPS) is 11.9. The zero-order chi connectivity index (χ0) is 11.0. The molecule has 0 radical (unpaired) electrons. The van der Waals surface area contributed by atoms with Crippen LogP contribution in [0.5, 0.6) is 0 Å². The van der Waals surface area contributed by atoms with Gasteiger partial charge in [0.15, 0.2) is 0 Å². The van der Waals surface area contributed by atoms with Gasteiger partial charge in [0.2, 0.25) is 5.78 Å². The first kappa shape index (κ1) is 12.9. The average Bonchev–Trinajstić information content (AvgIpc) is 2.21. The molecule has 1 atom stereocenters. The van der Waals surface area contributed by atoms with Crippen molar-refractivity contribution in [3.05, 3.63) is 12.7 Å². The van der Waals surface area contributed by atoms with Crippen LogP contribution in [0.25, 0.3) is 0 Å². The molecule has 0 aromatic heterocycles. The maximum Gasteiger partial charge on any atom is 0.287 e. The van der Waals surface area contributed by atoms with Gasteiger partial charge in [-0.3, -0.25) is 9.59 Å². The van der Waals surface area contributed by atoms with Crippen LogP contribution in [0.15, 0.2) is 12.7 Å². The quantitative estimate of drug-likeness (QED) is 0.498. The number of ketones is 1. The number of carbonyl (C=O) groups is 2. The number of hydrogen-bond donors (Lipinski definition) is 1. The van der Waals surface area contributed by atoms with Crippen molar-refractivity contribution in [3.63, 3.8) is 0 Å². The molecule has 3 nitrogen and oxygen atoms in total. The second-order valence-corrected chi connectivity index (χ2v) is 3.26. The molecule has 0 heterocycles. The van der Waals surface area contributed by atoms with E-state index >= 15 is 0 Å². The highest BCUT2D eigenvalue weighted by molar-refractivity contribution is 6.36. The summed E-state index contributed by atoms with van der Waals surface area (Å²) in [6.07, 6.45) is 4.01. The lowest BCUT2D eigenvalue weighted by atomic mass is 9.95. The minimum Gasteiger partial charge on any atom is -0.346 e. The SMILES string of the molecule is C=CCNC(=O)C(=O)C(CC)CCC. The Morgan fingerprint density at radius 3 is 2.50 bits per heavy atom. The third-order valence-corrected chi connectivity index (χ3v) is 2.13. The van der Waals surface area contributed by atoms with E-state index in [1.54, 1.807) is 6.08 Å². The van der Waals surface area contributed by atoms with Crippen LogP contribution in [-0.2, 0) is 9.59 Å². The zero-order valence-electron chi connectivity index (χ0n) is 9.01. The molecule has 3 heteroatoms. The maximum absolute atomic E-state index is 11.5. The van der Waals surface area contributed by atoms with E-state index in [-0.39, 0.29) is 11.7 Å². The summed E-state index contributed by atoms with van der Waals surface area (Å²) in [5.74, 6) is -0.897. The largest absolute Gasteiger partial charge is 0.346 e. The minimum absolute atomic E-state index is 0.121. The highest BCUT2D eigenvalue weighted by Gasteiger charge is 2.21. The summed E-state index contributed by atoms with van der Waals surface area (Å²) in [4.78, 5) is 22.8. The Labute approximate surface area is 85.6 Å². The lowest BCUT2D eigenvalue weighted by Crippen LogP contribution is -2.35. The van der Waals surface area contributed by atoms with E-state index in [9.17, 15) is 9.59 Å². The summed E-state index contributed by atoms with van der Waals surface area (Å²) in [5.41, 5.74) is 0. The number of Topliss-reactive ketones (excluding diaryl/α,β-unsaturated/α-hetero) is 1. The van der Waals surface area contributed by atoms with Gasteiger partial charge in [-0.05, 0) is 12.8 Å². The van der Waals surface area contributed by atoms with E-state index in [0.717, 1.165) is 19.3 Å². The number of nitrogens with one attached hydrogen (secondary N) is 1. The van der Waals surface area contributed by atoms with Crippen molar-refractivity contribution in [2.24, 2.45) is 5.92 Å². The molecule has 0 fully saturated rings. The van der Waals surface area contributed by atoms with Gasteiger partial charge in [0.25, 0.3) is 5.91 Å². The van der Waals surface area contributed by atoms with Crippen molar-refractivity contribution in [2.45, 2.75) is 33.1 Å². The van der Waals surface area contributed by atoms with E-state index in [1.807, 2.05) is 13.8 Å². The summed E-state index contributed by atoms with van der Waals surface area (Å²) in [7, 11) is 0. The van der Waals surface area contributed by atoms with Crippen molar-refractivity contribution < 1.29 is 9.59 Å². The molecule has 0 aliphatic rings. The third kappa shape index (κ3) is 4.21. The van der Waals surface area contributed by atoms with Gasteiger partial charge >= 0.3 is 0 Å². The number of carbonyl (C=O) groups excluding carboxylic acids is 2. The summed E-state index contributed by atoms with van der Waals surface area (Å²) in [6, 6.07) is 0. The number of hydrogen-bond acceptors (Lipinski definition) is 2. The van der Waals surface area contributed by atoms with Gasteiger partial charge < -0.3 is 5.32 Å². The molecule has 0 spiro atoms. The van der Waals surface area contributed by atoms with E-state index in [1.165, 1.54) is 0 Å². The molecule has 14 heavy (non-hydrogen) atoms. The van der Waals surface area contributed by atoms with Crippen LogP contribution < -0.4 is 5.32 Å². The Bertz CT molecular complexity index is 211. The second-order valence-electron chi connectivity index (χ2n) is 3.26. The van der Waals surface area contributed by atoms with Crippen LogP contribution in [0.1, 0.15) is 33.1 Å². The van der Waals surface area contributed by atoms with Crippen LogP contribution in [-0.4, -0.2) is 18.2 Å². The zero-order valence-corrected chi connectivity index (χ0v) is 9.01. The van der Waals surface area contributed by atoms with Crippen LogP contribution in [0.2, 0.25) is 0 Å². The summed E-state index contributed by atoms with van der Waals surface area (Å²) >= 11 is 0. The van der Waals surface area contributed by atoms with Crippen molar-refractivity contribution in [1.82, 2.24) is 5.32 Å². The second kappa shape index (κ2) is 7.30. The van der Waals surface area contributed by atoms with Gasteiger partial charge in [0, 0.05) is 12.5 Å². The molecule has 1 unspecified atom stereocenters. The van der Waals surface area contributed by atoms with Gasteiger partial charge in [-0.1, -0.05) is 26.3 Å². The Morgan fingerprint density at radius 2 is 2.07 bits per heavy atom. The molecule has 0 aromatic rings. The maximum atomic E-state index is 11.5. The van der Waals surface area contributed by atoms with Gasteiger partial charge in [-0.15, -0.1) is 6.58 Å². The third-order valence-electron chi connectivity index (χ3n) is 2.13. The van der Waals surface area contributed by atoms with Crippen molar-refractivity contribution in [2.75, 3.05) is 6.54 Å². The predicted molar refractivity (Wildman–Crippen MR) is 56.9 cm³/mol. The van der Waals surface area contributed by atoms with Gasteiger partial charge in [0.05, 0.1) is 0 Å². The summed E-state index contributed by atoms with van der Waals surface area (Å²) < 4.78 is 0. The smallest absolute Gasteiger partial charge is 0.287 e. The first-order valence-electron chi connectivity index (χ1n) is 5.10. The van der Waals surface area contributed by atoms with Crippen molar-refractivity contribution in [1.29, 1.82) is 0 Å². The fourth-order valence-electron chi connectivity index (χ4n) is 1.31. The highest BCUT2D eigenvalue weighted by Crippen LogP contribution is 2.11. The molecule has 1 N–H and O–H groups in total. The standard InChI is InChI=1S/C11H19NO2/c1-4-7-9(6-3)10(13)11(14)12-8-5-2/h5,9H,2,4,6-8H2,1,3H3,(H,12,14). The molecular weight excluding hydrogens is 178 g/mol. The van der Waals surface area contributed by atoms with Crippen LogP contribution >= 0.6 is 0 Å². The van der Waals surface area contributed by atoms with E-state index in [0.29, 0.717) is 6.54 Å². The monoisotopic (exact) mass is 197 g/mol. The molecule has 0 aliphatic heterocycles. The average molecular weight is 197 g/mol. The Balaban J connectivity index is 4.12. The van der Waals surface area contributed by atoms with Gasteiger partial charge in [0.1, 0.15) is 0 Å². The van der Waals surface area contributed by atoms with Gasteiger partial charge in [-0.25, -0.2) is 0 Å². The van der Waals surface area contributed by atoms with E-state index < -0.39 is 5.91 Å². The molecular formula is C11H19NO2. The number of rotatable bonds is 7. The molecule has 0 saturated heterocycles. The topological polar surface area (TPSA) is 46.2 Å². The van der Waals surface area contributed by atoms with Crippen molar-refractivity contribution >= 4 is 11.7 Å². The van der Waals surface area contributed by atoms with Crippen LogP contribution in [0, 0.1) is 5.92 Å². The highest BCUT2D eigenvalue weighted by atomic mass is 16.2. The first-order valence-corrected chi connectivity index (χ1v) is 5.10. The Morgan fingerprint density at radius 1 is 1.43 bits per heavy atom. The van der Waals surface area contributed by atoms with Crippen molar-refractivity contribution in [3.8, 4) is 0 Å². The fourth-order valence-corrected chi connectivity index (χ4v) is 1.31. The molecule has 0 aromatic carbocycles. The molecule has 80 valence electrons. The molecule has 0 aliphatic carbocycles. The first-order chi connectivity index (χ1) is 6.67. The Hall–Kier alpha value is -1.12. The molecule has 1 amide bonds. The van der Waals surface area contributed by atoms with Crippen LogP contribution in [0.4, 0.5) is 0 Å². The lowest BCUT2D eigenvalue weighted by molar-refractivity contribution is -0.140. The molecule has 0 bridgehead atoms. The van der Waals surface area contributed by atoms with E-state index in [2.05, 4.69) is 11.9 Å². The fraction of sp³-hybridized carbons (Fsp3) is 0.636. The Kier molecular flexibility index (Phi) is 6.72. The minimum atomic E-state index is -0.481.